The maximum absolute atomic E-state index is 4.56. The van der Waals surface area contributed by atoms with Crippen LogP contribution in [0.5, 0.6) is 0 Å². The van der Waals surface area contributed by atoms with E-state index < -0.39 is 0 Å². The largest absolute Gasteiger partial charge is 0.284 e. The van der Waals surface area contributed by atoms with Crippen molar-refractivity contribution in [2.24, 2.45) is 4.99 Å². The Morgan fingerprint density at radius 1 is 1.12 bits per heavy atom. The number of benzene rings is 1. The lowest BCUT2D eigenvalue weighted by molar-refractivity contribution is 0.825. The van der Waals surface area contributed by atoms with Crippen molar-refractivity contribution in [1.29, 1.82) is 0 Å². The van der Waals surface area contributed by atoms with Gasteiger partial charge in [-0.1, -0.05) is 30.3 Å². The Morgan fingerprint density at radius 3 is 2.50 bits per heavy atom. The van der Waals surface area contributed by atoms with E-state index in [1.165, 1.54) is 15.3 Å². The molecule has 1 atom stereocenters. The lowest BCUT2D eigenvalue weighted by Gasteiger charge is -2.04. The van der Waals surface area contributed by atoms with Gasteiger partial charge in [0.05, 0.1) is 6.04 Å². The molecule has 0 unspecified atom stereocenters. The van der Waals surface area contributed by atoms with Gasteiger partial charge in [-0.2, -0.15) is 0 Å². The maximum Gasteiger partial charge on any atom is 0.0721 e. The lowest BCUT2D eigenvalue weighted by atomic mass is 10.1. The highest BCUT2D eigenvalue weighted by atomic mass is 32.1. The van der Waals surface area contributed by atoms with E-state index in [0.29, 0.717) is 0 Å². The third kappa shape index (κ3) is 2.80. The molecule has 1 aromatic carbocycles. The van der Waals surface area contributed by atoms with Crippen LogP contribution in [0.4, 0.5) is 0 Å². The number of thiophene rings is 1. The molecule has 0 bridgehead atoms. The lowest BCUT2D eigenvalue weighted by Crippen LogP contribution is -1.89. The van der Waals surface area contributed by atoms with Crippen molar-refractivity contribution in [3.05, 3.63) is 57.8 Å². The summed E-state index contributed by atoms with van der Waals surface area (Å²) in [6, 6.07) is 14.8. The summed E-state index contributed by atoms with van der Waals surface area (Å²) in [6.45, 7) is 4.23. The molecule has 0 saturated carbocycles. The Balaban J connectivity index is 2.08. The van der Waals surface area contributed by atoms with Crippen molar-refractivity contribution in [3.8, 4) is 0 Å². The van der Waals surface area contributed by atoms with E-state index in [-0.39, 0.29) is 6.04 Å². The minimum absolute atomic E-state index is 0.226. The molecule has 1 aromatic heterocycles. The Labute approximate surface area is 100 Å². The summed E-state index contributed by atoms with van der Waals surface area (Å²) in [6.07, 6.45) is 1.97. The first-order valence-electron chi connectivity index (χ1n) is 5.40. The van der Waals surface area contributed by atoms with Crippen LogP contribution in [0.25, 0.3) is 0 Å². The van der Waals surface area contributed by atoms with Gasteiger partial charge in [0.25, 0.3) is 0 Å². The second kappa shape index (κ2) is 5.08. The summed E-state index contributed by atoms with van der Waals surface area (Å²) in [4.78, 5) is 7.11. The number of rotatable bonds is 3. The minimum Gasteiger partial charge on any atom is -0.284 e. The molecule has 0 amide bonds. The van der Waals surface area contributed by atoms with Crippen molar-refractivity contribution >= 4 is 17.6 Å². The molecule has 0 saturated heterocycles. The Hall–Kier alpha value is -1.41. The molecule has 0 radical (unpaired) electrons. The molecule has 2 aromatic rings. The third-order valence-electron chi connectivity index (χ3n) is 2.47. The van der Waals surface area contributed by atoms with Gasteiger partial charge in [-0.15, -0.1) is 11.3 Å². The van der Waals surface area contributed by atoms with Gasteiger partial charge >= 0.3 is 0 Å². The minimum atomic E-state index is 0.226. The summed E-state index contributed by atoms with van der Waals surface area (Å²) in [5.41, 5.74) is 1.26. The van der Waals surface area contributed by atoms with E-state index in [2.05, 4.69) is 55.2 Å². The van der Waals surface area contributed by atoms with E-state index in [1.54, 1.807) is 11.3 Å². The zero-order valence-corrected chi connectivity index (χ0v) is 10.4. The molecule has 1 heterocycles. The van der Waals surface area contributed by atoms with E-state index in [9.17, 15) is 0 Å². The van der Waals surface area contributed by atoms with Crippen LogP contribution in [0.1, 0.15) is 28.3 Å². The fourth-order valence-electron chi connectivity index (χ4n) is 1.53. The van der Waals surface area contributed by atoms with Crippen molar-refractivity contribution in [3.63, 3.8) is 0 Å². The van der Waals surface area contributed by atoms with Crippen LogP contribution in [-0.4, -0.2) is 6.21 Å². The highest BCUT2D eigenvalue weighted by Crippen LogP contribution is 2.17. The van der Waals surface area contributed by atoms with Crippen LogP contribution in [0.2, 0.25) is 0 Å². The fraction of sp³-hybridized carbons (Fsp3) is 0.214. The molecule has 2 heteroatoms. The predicted octanol–water partition coefficient (Wildman–Crippen LogP) is 4.24. The van der Waals surface area contributed by atoms with Gasteiger partial charge in [0.1, 0.15) is 0 Å². The summed E-state index contributed by atoms with van der Waals surface area (Å²) in [5.74, 6) is 0. The second-order valence-electron chi connectivity index (χ2n) is 3.81. The molecule has 1 nitrogen and oxygen atoms in total. The molecule has 0 aliphatic rings. The normalized spacial score (nSPS) is 13.1. The molecule has 0 spiro atoms. The van der Waals surface area contributed by atoms with Crippen molar-refractivity contribution in [1.82, 2.24) is 0 Å². The van der Waals surface area contributed by atoms with Crippen molar-refractivity contribution in [2.45, 2.75) is 19.9 Å². The fourth-order valence-corrected chi connectivity index (χ4v) is 2.28. The van der Waals surface area contributed by atoms with Crippen LogP contribution in [0, 0.1) is 6.92 Å². The van der Waals surface area contributed by atoms with Crippen LogP contribution < -0.4 is 0 Å². The molecule has 0 aliphatic carbocycles. The van der Waals surface area contributed by atoms with Crippen LogP contribution in [-0.2, 0) is 0 Å². The quantitative estimate of drug-likeness (QED) is 0.698. The highest BCUT2D eigenvalue weighted by molar-refractivity contribution is 7.13. The molecule has 2 rings (SSSR count). The van der Waals surface area contributed by atoms with Crippen LogP contribution in [0.15, 0.2) is 47.5 Å². The van der Waals surface area contributed by atoms with E-state index in [1.807, 2.05) is 12.3 Å². The Kier molecular flexibility index (Phi) is 3.52. The monoisotopic (exact) mass is 229 g/mol. The number of nitrogens with zero attached hydrogens (tertiary/aromatic N) is 1. The van der Waals surface area contributed by atoms with Gasteiger partial charge in [-0.25, -0.2) is 0 Å². The van der Waals surface area contributed by atoms with E-state index >= 15 is 0 Å². The Morgan fingerprint density at radius 2 is 1.88 bits per heavy atom. The molecular weight excluding hydrogens is 214 g/mol. The van der Waals surface area contributed by atoms with E-state index in [0.717, 1.165) is 0 Å². The molecule has 0 N–H and O–H groups in total. The van der Waals surface area contributed by atoms with Gasteiger partial charge in [-0.3, -0.25) is 4.99 Å². The second-order valence-corrected chi connectivity index (χ2v) is 5.13. The van der Waals surface area contributed by atoms with Gasteiger partial charge in [0.15, 0.2) is 0 Å². The average Bonchev–Trinajstić information content (AvgIpc) is 2.73. The van der Waals surface area contributed by atoms with Gasteiger partial charge in [0, 0.05) is 16.0 Å². The molecule has 0 aliphatic heterocycles. The zero-order valence-electron chi connectivity index (χ0n) is 9.55. The van der Waals surface area contributed by atoms with Gasteiger partial charge in [-0.05, 0) is 31.5 Å². The van der Waals surface area contributed by atoms with E-state index in [4.69, 9.17) is 0 Å². The molecular formula is C14H15NS. The summed E-state index contributed by atoms with van der Waals surface area (Å²) < 4.78 is 0. The average molecular weight is 229 g/mol. The topological polar surface area (TPSA) is 12.4 Å². The number of aliphatic imine (C=N–C) groups is 1. The summed E-state index contributed by atoms with van der Waals surface area (Å²) in [7, 11) is 0. The SMILES string of the molecule is Cc1ccc(C=N[C@@H](C)c2ccccc2)s1. The molecule has 16 heavy (non-hydrogen) atoms. The number of aryl methyl sites for hydroxylation is 1. The van der Waals surface area contributed by atoms with Crippen molar-refractivity contribution in [2.75, 3.05) is 0 Å². The number of hydrogen-bond acceptors (Lipinski definition) is 2. The summed E-state index contributed by atoms with van der Waals surface area (Å²) >= 11 is 1.78. The number of hydrogen-bond donors (Lipinski definition) is 0. The zero-order chi connectivity index (χ0) is 11.4. The van der Waals surface area contributed by atoms with Crippen LogP contribution >= 0.6 is 11.3 Å². The van der Waals surface area contributed by atoms with Gasteiger partial charge < -0.3 is 0 Å². The first-order valence-corrected chi connectivity index (χ1v) is 6.22. The summed E-state index contributed by atoms with van der Waals surface area (Å²) in [5, 5.41) is 0. The van der Waals surface area contributed by atoms with Crippen LogP contribution in [0.3, 0.4) is 0 Å². The molecule has 0 fully saturated rings. The Bertz CT molecular complexity index is 470. The van der Waals surface area contributed by atoms with Gasteiger partial charge in [0.2, 0.25) is 0 Å². The maximum atomic E-state index is 4.56. The third-order valence-corrected chi connectivity index (χ3v) is 3.40. The standard InChI is InChI=1S/C14H15NS/c1-11-8-9-14(16-11)10-15-12(2)13-6-4-3-5-7-13/h3-10,12H,1-2H3/t12-/m0/s1. The first kappa shape index (κ1) is 11.1. The molecule has 82 valence electrons. The highest BCUT2D eigenvalue weighted by Gasteiger charge is 2.00. The first-order chi connectivity index (χ1) is 7.75. The smallest absolute Gasteiger partial charge is 0.0721 e. The van der Waals surface area contributed by atoms with Crippen molar-refractivity contribution < 1.29 is 0 Å². The predicted molar refractivity (Wildman–Crippen MR) is 71.5 cm³/mol.